The summed E-state index contributed by atoms with van der Waals surface area (Å²) in [4.78, 5) is 88.2. The minimum Gasteiger partial charge on any atom is -0.479 e. The van der Waals surface area contributed by atoms with E-state index in [9.17, 15) is 54.0 Å². The van der Waals surface area contributed by atoms with E-state index in [0.29, 0.717) is 10.6 Å². The fourth-order valence-electron chi connectivity index (χ4n) is 4.35. The number of imide groups is 1. The first-order valence-electron chi connectivity index (χ1n) is 15.6. The van der Waals surface area contributed by atoms with Crippen LogP contribution in [0.15, 0.2) is 18.2 Å². The number of nitrogens with one attached hydrogen (secondary N) is 2. The molecule has 0 aliphatic carbocycles. The first-order valence-corrected chi connectivity index (χ1v) is 15.6. The van der Waals surface area contributed by atoms with Crippen molar-refractivity contribution in [2.45, 2.75) is 90.2 Å². The Kier molecular flexibility index (Phi) is 14.2. The van der Waals surface area contributed by atoms with Crippen molar-refractivity contribution < 1.29 is 77.8 Å². The van der Waals surface area contributed by atoms with Gasteiger partial charge in [0.25, 0.3) is 11.8 Å². The van der Waals surface area contributed by atoms with E-state index in [0.717, 1.165) is 0 Å². The van der Waals surface area contributed by atoms with Crippen LogP contribution in [0, 0.1) is 5.41 Å². The molecule has 0 spiro atoms. The van der Waals surface area contributed by atoms with Crippen molar-refractivity contribution in [3.05, 3.63) is 23.8 Å². The lowest BCUT2D eigenvalue weighted by atomic mass is 9.97. The number of ether oxygens (including phenoxy) is 4. The molecule has 50 heavy (non-hydrogen) atoms. The number of aliphatic carboxylic acids is 1. The zero-order chi connectivity index (χ0) is 37.2. The van der Waals surface area contributed by atoms with Gasteiger partial charge >= 0.3 is 17.9 Å². The quantitative estimate of drug-likeness (QED) is 0.0674. The lowest BCUT2D eigenvalue weighted by Gasteiger charge is -2.38. The zero-order valence-corrected chi connectivity index (χ0v) is 27.6. The predicted molar refractivity (Wildman–Crippen MR) is 164 cm³/mol. The van der Waals surface area contributed by atoms with Crippen LogP contribution in [0.4, 0.5) is 5.69 Å². The molecule has 0 unspecified atom stereocenters. The first-order chi connectivity index (χ1) is 23.5. The number of carbonyl (C=O) groups excluding carboxylic acids is 6. The summed E-state index contributed by atoms with van der Waals surface area (Å²) in [7, 11) is 0. The van der Waals surface area contributed by atoms with Gasteiger partial charge in [-0.2, -0.15) is 0 Å². The highest BCUT2D eigenvalue weighted by molar-refractivity contribution is 6.01. The molecule has 6 N–H and O–H groups in total. The summed E-state index contributed by atoms with van der Waals surface area (Å²) in [6.07, 6.45) is -10.2. The molecule has 2 saturated heterocycles. The third-order valence-corrected chi connectivity index (χ3v) is 7.15. The van der Waals surface area contributed by atoms with Crippen LogP contribution in [-0.2, 0) is 59.2 Å². The average molecular weight is 712 g/mol. The fourth-order valence-corrected chi connectivity index (χ4v) is 4.35. The fraction of sp³-hybridized carbons (Fsp3) is 0.581. The summed E-state index contributed by atoms with van der Waals surface area (Å²) in [6.45, 7) is 4.49. The van der Waals surface area contributed by atoms with E-state index in [2.05, 4.69) is 10.6 Å². The number of hydrogen-bond donors (Lipinski definition) is 6. The maximum absolute atomic E-state index is 12.8. The largest absolute Gasteiger partial charge is 0.479 e. The van der Waals surface area contributed by atoms with Gasteiger partial charge in [-0.3, -0.25) is 24.0 Å². The molecule has 3 rings (SSSR count). The SMILES string of the molecule is CC(C)(C)C(=O)OCc1ccc(O[C@@H]2O[C@H](C(=O)O)[C@@H](O)[C@H](O)[C@H]2O)c(NC(=O)CCNC(=O)CCOCCC(=O)ON2C(=O)CCC2=O)c1. The molecule has 2 aliphatic rings. The third kappa shape index (κ3) is 11.4. The molecule has 5 atom stereocenters. The molecule has 0 radical (unpaired) electrons. The van der Waals surface area contributed by atoms with Crippen LogP contribution in [-0.4, -0.2) is 117 Å². The van der Waals surface area contributed by atoms with Crippen LogP contribution < -0.4 is 15.4 Å². The second-order valence-corrected chi connectivity index (χ2v) is 12.3. The van der Waals surface area contributed by atoms with Crippen molar-refractivity contribution in [1.29, 1.82) is 0 Å². The van der Waals surface area contributed by atoms with Crippen LogP contribution in [0.25, 0.3) is 0 Å². The van der Waals surface area contributed by atoms with Gasteiger partial charge in [-0.05, 0) is 38.5 Å². The van der Waals surface area contributed by atoms with Crippen molar-refractivity contribution in [1.82, 2.24) is 10.4 Å². The number of rotatable bonds is 16. The Labute approximate surface area is 285 Å². The van der Waals surface area contributed by atoms with Gasteiger partial charge in [0.2, 0.25) is 18.1 Å². The average Bonchev–Trinajstić information content (AvgIpc) is 3.35. The molecule has 2 aliphatic heterocycles. The number of carboxylic acids is 1. The lowest BCUT2D eigenvalue weighted by Crippen LogP contribution is -2.61. The number of carboxylic acid groups (broad SMARTS) is 1. The number of amides is 4. The first kappa shape index (κ1) is 39.7. The Morgan fingerprint density at radius 1 is 0.920 bits per heavy atom. The van der Waals surface area contributed by atoms with Gasteiger partial charge in [0, 0.05) is 32.2 Å². The molecule has 0 aromatic heterocycles. The topological polar surface area (TPSA) is 274 Å². The molecule has 2 fully saturated rings. The molecule has 1 aromatic carbocycles. The molecule has 0 saturated carbocycles. The Morgan fingerprint density at radius 2 is 1.58 bits per heavy atom. The molecule has 19 heteroatoms. The van der Waals surface area contributed by atoms with Crippen molar-refractivity contribution in [3.63, 3.8) is 0 Å². The maximum atomic E-state index is 12.8. The Morgan fingerprint density at radius 3 is 2.22 bits per heavy atom. The number of hydroxylamine groups is 2. The number of aliphatic hydroxyl groups excluding tert-OH is 3. The minimum atomic E-state index is -1.95. The summed E-state index contributed by atoms with van der Waals surface area (Å²) in [5.74, 6) is -5.41. The molecule has 2 heterocycles. The summed E-state index contributed by atoms with van der Waals surface area (Å²) < 4.78 is 21.3. The molecule has 1 aromatic rings. The van der Waals surface area contributed by atoms with Crippen molar-refractivity contribution in [2.75, 3.05) is 25.1 Å². The number of benzene rings is 1. The second kappa shape index (κ2) is 17.8. The lowest BCUT2D eigenvalue weighted by molar-refractivity contribution is -0.271. The highest BCUT2D eigenvalue weighted by Crippen LogP contribution is 2.31. The van der Waals surface area contributed by atoms with Gasteiger partial charge in [0.05, 0.1) is 30.7 Å². The van der Waals surface area contributed by atoms with Crippen molar-refractivity contribution >= 4 is 47.2 Å². The number of nitrogens with zero attached hydrogens (tertiary/aromatic N) is 1. The van der Waals surface area contributed by atoms with Gasteiger partial charge in [0.1, 0.15) is 30.7 Å². The minimum absolute atomic E-state index is 0.0145. The van der Waals surface area contributed by atoms with Crippen LogP contribution in [0.3, 0.4) is 0 Å². The standard InChI is InChI=1S/C31H41N3O16/c1-31(2,3)30(45)47-15-16-4-5-18(48-29-26(42)24(40)25(41)27(49-29)28(43)44)17(14-16)33-20(36)8-11-32-19(35)9-12-46-13-10-23(39)50-34-21(37)6-7-22(34)38/h4-5,14,24-27,29,40-42H,6-13,15H2,1-3H3,(H,32,35)(H,33,36)(H,43,44)/t24-,25-,26+,27-,29+/m0/s1. The van der Waals surface area contributed by atoms with Gasteiger partial charge in [-0.1, -0.05) is 6.07 Å². The highest BCUT2D eigenvalue weighted by atomic mass is 16.7. The molecular weight excluding hydrogens is 670 g/mol. The van der Waals surface area contributed by atoms with E-state index < -0.39 is 77.7 Å². The van der Waals surface area contributed by atoms with Gasteiger partial charge in [-0.25, -0.2) is 9.59 Å². The Balaban J connectivity index is 1.52. The number of anilines is 1. The van der Waals surface area contributed by atoms with Crippen LogP contribution in [0.5, 0.6) is 5.75 Å². The van der Waals surface area contributed by atoms with Crippen molar-refractivity contribution in [2.24, 2.45) is 5.41 Å². The monoisotopic (exact) mass is 711 g/mol. The Hall–Kier alpha value is -4.69. The third-order valence-electron chi connectivity index (χ3n) is 7.15. The van der Waals surface area contributed by atoms with Crippen LogP contribution in [0.2, 0.25) is 0 Å². The van der Waals surface area contributed by atoms with Gasteiger partial charge in [0.15, 0.2) is 6.10 Å². The zero-order valence-electron chi connectivity index (χ0n) is 27.6. The van der Waals surface area contributed by atoms with Gasteiger partial charge in [-0.15, -0.1) is 5.06 Å². The van der Waals surface area contributed by atoms with E-state index in [1.54, 1.807) is 20.8 Å². The number of carbonyl (C=O) groups is 7. The summed E-state index contributed by atoms with van der Waals surface area (Å²) >= 11 is 0. The maximum Gasteiger partial charge on any atom is 0.335 e. The van der Waals surface area contributed by atoms with E-state index in [1.807, 2.05) is 0 Å². The summed E-state index contributed by atoms with van der Waals surface area (Å²) in [5.41, 5.74) is -0.392. The van der Waals surface area contributed by atoms with E-state index in [4.69, 9.17) is 23.8 Å². The van der Waals surface area contributed by atoms with E-state index in [1.165, 1.54) is 18.2 Å². The predicted octanol–water partition coefficient (Wildman–Crippen LogP) is -1.10. The molecule has 276 valence electrons. The van der Waals surface area contributed by atoms with Crippen LogP contribution >= 0.6 is 0 Å². The summed E-state index contributed by atoms with van der Waals surface area (Å²) in [6, 6.07) is 4.19. The van der Waals surface area contributed by atoms with E-state index >= 15 is 0 Å². The number of esters is 1. The highest BCUT2D eigenvalue weighted by Gasteiger charge is 2.48. The normalized spacial score (nSPS) is 22.1. The van der Waals surface area contributed by atoms with Crippen LogP contribution in [0.1, 0.15) is 58.4 Å². The molecule has 4 amide bonds. The molecule has 0 bridgehead atoms. The molecule has 19 nitrogen and oxygen atoms in total. The Bertz CT molecular complexity index is 1430. The molecular formula is C31H41N3O16. The van der Waals surface area contributed by atoms with E-state index in [-0.39, 0.29) is 69.9 Å². The smallest absolute Gasteiger partial charge is 0.335 e. The summed E-state index contributed by atoms with van der Waals surface area (Å²) in [5, 5.41) is 45.3. The number of aliphatic hydroxyl groups is 3. The number of hydrogen-bond acceptors (Lipinski definition) is 15. The van der Waals surface area contributed by atoms with Crippen molar-refractivity contribution in [3.8, 4) is 5.75 Å². The second-order valence-electron chi connectivity index (χ2n) is 12.3. The van der Waals surface area contributed by atoms with Gasteiger partial charge < -0.3 is 54.8 Å².